The van der Waals surface area contributed by atoms with E-state index < -0.39 is 22.7 Å². The summed E-state index contributed by atoms with van der Waals surface area (Å²) in [5, 5.41) is 48.8. The smallest absolute Gasteiger partial charge is 0.345 e. The highest BCUT2D eigenvalue weighted by Gasteiger charge is 2.43. The van der Waals surface area contributed by atoms with Crippen molar-refractivity contribution < 1.29 is 60.6 Å². The summed E-state index contributed by atoms with van der Waals surface area (Å²) in [6, 6.07) is 13.5. The summed E-state index contributed by atoms with van der Waals surface area (Å²) in [6.07, 6.45) is 24.4. The van der Waals surface area contributed by atoms with Crippen LogP contribution in [0.15, 0.2) is 90.9 Å². The van der Waals surface area contributed by atoms with Crippen LogP contribution in [0.4, 0.5) is 32.4 Å². The van der Waals surface area contributed by atoms with Crippen LogP contribution in [-0.4, -0.2) is 205 Å². The van der Waals surface area contributed by atoms with E-state index in [1.807, 2.05) is 62.8 Å². The van der Waals surface area contributed by atoms with Gasteiger partial charge in [-0.25, -0.2) is 51.6 Å². The molecule has 0 aromatic carbocycles. The Morgan fingerprint density at radius 1 is 0.610 bits per heavy atom. The number of ether oxygens (including phenoxy) is 6. The van der Waals surface area contributed by atoms with Crippen molar-refractivity contribution in [1.29, 1.82) is 0 Å². The first-order valence-electron chi connectivity index (χ1n) is 36.5. The Morgan fingerprint density at radius 2 is 1.13 bits per heavy atom. The number of carbonyl (C=O) groups is 1. The van der Waals surface area contributed by atoms with Crippen molar-refractivity contribution in [2.75, 3.05) is 94.9 Å². The molecule has 0 unspecified atom stereocenters. The Balaban J connectivity index is 0.000000140. The second-order valence-corrected chi connectivity index (χ2v) is 30.4. The van der Waals surface area contributed by atoms with Gasteiger partial charge in [-0.05, 0) is 152 Å². The molecule has 3 saturated heterocycles. The molecule has 0 bridgehead atoms. The number of nitrogens with zero attached hydrogens (tertiary/aromatic N) is 14. The fourth-order valence-corrected chi connectivity index (χ4v) is 15.9. The topological polar surface area (TPSA) is 333 Å². The molecule has 0 radical (unpaired) electrons. The Hall–Kier alpha value is -8.31. The molecule has 105 heavy (non-hydrogen) atoms. The Morgan fingerprint density at radius 3 is 1.64 bits per heavy atom. The van der Waals surface area contributed by atoms with Crippen LogP contribution in [0.3, 0.4) is 0 Å². The molecule has 29 nitrogen and oxygen atoms in total. The second-order valence-electron chi connectivity index (χ2n) is 28.6. The van der Waals surface area contributed by atoms with E-state index >= 15 is 0 Å². The number of carbonyl (C=O) groups excluding carboxylic acids is 1. The van der Waals surface area contributed by atoms with Crippen molar-refractivity contribution >= 4 is 56.1 Å². The number of nitrogens with one attached hydrogen (secondary N) is 4. The van der Waals surface area contributed by atoms with E-state index in [1.54, 1.807) is 44.5 Å². The zero-order valence-electron chi connectivity index (χ0n) is 60.4. The molecular weight excluding hydrogens is 1370 g/mol. The van der Waals surface area contributed by atoms with Crippen molar-refractivity contribution in [2.45, 2.75) is 183 Å². The lowest BCUT2D eigenvalue weighted by Gasteiger charge is -2.26. The van der Waals surface area contributed by atoms with Gasteiger partial charge in [0.05, 0.1) is 106 Å². The van der Waals surface area contributed by atoms with E-state index in [4.69, 9.17) is 39.0 Å². The third-order valence-electron chi connectivity index (χ3n) is 20.9. The maximum Gasteiger partial charge on any atom is 0.345 e. The Kier molecular flexibility index (Phi) is 24.0. The highest BCUT2D eigenvalue weighted by atomic mass is 32.2. The molecule has 32 heteroatoms. The van der Waals surface area contributed by atoms with E-state index in [9.17, 15) is 32.2 Å². The molecule has 3 saturated carbocycles. The Labute approximate surface area is 608 Å². The van der Waals surface area contributed by atoms with Crippen LogP contribution in [0.1, 0.15) is 152 Å². The number of aliphatic hydroxyl groups is 2. The minimum atomic E-state index is -3.64. The molecule has 15 rings (SSSR count). The average Bonchev–Trinajstić information content (AvgIpc) is 1.63. The monoisotopic (exact) mass is 1470 g/mol. The Bertz CT molecular complexity index is 4520. The van der Waals surface area contributed by atoms with Gasteiger partial charge in [0.25, 0.3) is 15.9 Å². The molecule has 12 heterocycles. The number of alkyl halides is 2. The molecule has 3 aliphatic heterocycles. The highest BCUT2D eigenvalue weighted by molar-refractivity contribution is 7.89. The van der Waals surface area contributed by atoms with Crippen LogP contribution in [0, 0.1) is 11.8 Å². The van der Waals surface area contributed by atoms with E-state index in [0.29, 0.717) is 86.2 Å². The molecule has 9 aromatic rings. The first-order chi connectivity index (χ1) is 50.8. The number of fused-ring (bicyclic) bond motifs is 4. The predicted octanol–water partition coefficient (Wildman–Crippen LogP) is 9.64. The van der Waals surface area contributed by atoms with Gasteiger partial charge < -0.3 is 54.6 Å². The van der Waals surface area contributed by atoms with Crippen molar-refractivity contribution in [3.05, 3.63) is 103 Å². The number of amides is 1. The van der Waals surface area contributed by atoms with Gasteiger partial charge >= 0.3 is 6.61 Å². The number of hydrogen-bond acceptors (Lipinski definition) is 23. The lowest BCUT2D eigenvalue weighted by Crippen LogP contribution is -2.42. The number of hydrogen-bond donors (Lipinski definition) is 6. The molecule has 0 spiro atoms. The molecular formula is C73H96F2N18O11S. The van der Waals surface area contributed by atoms with Gasteiger partial charge in [-0.3, -0.25) is 14.4 Å². The minimum Gasteiger partial charge on any atom is -0.393 e. The van der Waals surface area contributed by atoms with Crippen molar-refractivity contribution in [2.24, 2.45) is 11.8 Å². The first kappa shape index (κ1) is 74.9. The molecule has 9 aromatic heterocycles. The maximum atomic E-state index is 12.4. The average molecular weight is 1470 g/mol. The van der Waals surface area contributed by atoms with Crippen LogP contribution in [-0.2, 0) is 43.2 Å². The standard InChI is InChI=1S/C25H34N6O4.C25H32N6O4.C23H30F2N6O3S/c1-15(13-33-2)28-25-26-11-22-20(9-21(31(22)29-25)16-3-5-18(32)6-4-16)17-10-27-30(12-17)23-14-35-24-19(23)7-8-34-24;1-16(14-34-2)28-25-27-13-22-20(12-21(31(22)29-25)17-3-5-19(32)6-4-17)18-7-8-26-23(11-18)30-9-10-35-15-24(30)33;1-14-4-6-16(7-5-14)19-10-18(17-8-9-21(27-11-17)35(32,33)26-3)20-12-28-23(30-31(19)20)29-15(2)13-34-22(24)25/h9-12,15-16,18-19,23-24,32H,3-8,13-14H2,1-2H3,(H,28,29);7-8,11-13,16-17,19,32H,3-6,9-10,14-15H2,1-2H3,(H,28,29);8-12,14-16,22,26H,4-7,13H2,1-3H3,(H,29,30)/t15-,16?,18?,19-,23+,24+;16-,17?,19?;14?,15-,16?/m000/s1. The van der Waals surface area contributed by atoms with Gasteiger partial charge in [-0.15, -0.1) is 15.3 Å². The quantitative estimate of drug-likeness (QED) is 0.0347. The van der Waals surface area contributed by atoms with Crippen LogP contribution in [0.5, 0.6) is 0 Å². The number of morpholine rings is 1. The summed E-state index contributed by atoms with van der Waals surface area (Å²) in [5.74, 6) is 3.93. The number of anilines is 4. The predicted molar refractivity (Wildman–Crippen MR) is 389 cm³/mol. The van der Waals surface area contributed by atoms with Gasteiger partial charge in [-0.1, -0.05) is 19.8 Å². The largest absolute Gasteiger partial charge is 0.393 e. The van der Waals surface area contributed by atoms with Gasteiger partial charge in [0, 0.05) is 120 Å². The number of methoxy groups -OCH3 is 2. The van der Waals surface area contributed by atoms with Gasteiger partial charge in [0.15, 0.2) is 11.3 Å². The molecule has 6 fully saturated rings. The second kappa shape index (κ2) is 33.6. The summed E-state index contributed by atoms with van der Waals surface area (Å²) in [6.45, 7) is 8.57. The fourth-order valence-electron chi connectivity index (χ4n) is 15.3. The third kappa shape index (κ3) is 17.4. The van der Waals surface area contributed by atoms with E-state index in [2.05, 4.69) is 86.7 Å². The van der Waals surface area contributed by atoms with Crippen molar-refractivity contribution in [3.63, 3.8) is 0 Å². The maximum absolute atomic E-state index is 12.4. The molecule has 3 aliphatic carbocycles. The molecule has 6 atom stereocenters. The van der Waals surface area contributed by atoms with Crippen LogP contribution in [0.2, 0.25) is 0 Å². The van der Waals surface area contributed by atoms with E-state index in [-0.39, 0.29) is 60.8 Å². The van der Waals surface area contributed by atoms with Gasteiger partial charge in [0.1, 0.15) is 12.4 Å². The van der Waals surface area contributed by atoms with Crippen LogP contribution >= 0.6 is 0 Å². The van der Waals surface area contributed by atoms with Crippen LogP contribution in [0.25, 0.3) is 49.9 Å². The summed E-state index contributed by atoms with van der Waals surface area (Å²) in [5.41, 5.74) is 11.6. The first-order valence-corrected chi connectivity index (χ1v) is 38.0. The highest BCUT2D eigenvalue weighted by Crippen LogP contribution is 2.44. The van der Waals surface area contributed by atoms with Crippen LogP contribution < -0.4 is 25.6 Å². The number of pyridine rings is 2. The SMILES string of the molecule is CNS(=O)(=O)c1ccc(-c2cc(C3CCC(C)CC3)n3nc(N[C@@H](C)COC(F)F)ncc23)cn1.COC[C@H](C)Nc1ncc2c(-c3ccnc(N4CCOCC4=O)c3)cc(C3CCC(O)CC3)n2n1.COC[C@H](C)Nc1ncc2c(-c3cnn([C@@H]4CO[C@H]5OCC[C@H]54)c3)cc(C3CCC(O)CC3)n2n1. The number of rotatable bonds is 23. The summed E-state index contributed by atoms with van der Waals surface area (Å²) >= 11 is 0. The lowest BCUT2D eigenvalue weighted by molar-refractivity contribution is -0.130. The molecule has 1 amide bonds. The van der Waals surface area contributed by atoms with E-state index in [0.717, 1.165) is 157 Å². The van der Waals surface area contributed by atoms with Gasteiger partial charge in [-0.2, -0.15) is 13.9 Å². The number of aromatic nitrogens is 13. The van der Waals surface area contributed by atoms with Gasteiger partial charge in [0.2, 0.25) is 17.8 Å². The van der Waals surface area contributed by atoms with E-state index in [1.165, 1.54) is 19.3 Å². The normalized spacial score (nSPS) is 23.8. The number of sulfonamides is 1. The fraction of sp³-hybridized carbons (Fsp3) is 0.562. The third-order valence-corrected chi connectivity index (χ3v) is 22.2. The summed E-state index contributed by atoms with van der Waals surface area (Å²) in [4.78, 5) is 36.2. The molecule has 6 N–H and O–H groups in total. The minimum absolute atomic E-state index is 0.0588. The number of halogens is 2. The molecule has 564 valence electrons. The zero-order chi connectivity index (χ0) is 73.5. The van der Waals surface area contributed by atoms with Crippen molar-refractivity contribution in [1.82, 2.24) is 68.3 Å². The zero-order valence-corrected chi connectivity index (χ0v) is 61.2. The molecule has 6 aliphatic rings. The summed E-state index contributed by atoms with van der Waals surface area (Å²) < 4.78 is 90.7. The summed E-state index contributed by atoms with van der Waals surface area (Å²) in [7, 11) is 1.06. The van der Waals surface area contributed by atoms with Crippen molar-refractivity contribution in [3.8, 4) is 33.4 Å². The lowest BCUT2D eigenvalue weighted by atomic mass is 9.81. The number of aliphatic hydroxyl groups excluding tert-OH is 2.